The molecule has 0 spiro atoms. The molecule has 0 unspecified atom stereocenters. The Labute approximate surface area is 85.1 Å². The molecular weight excluding hydrogens is 230 g/mol. The molecule has 0 aliphatic rings. The summed E-state index contributed by atoms with van der Waals surface area (Å²) in [4.78, 5) is 14.0. The normalized spacial score (nSPS) is 11.5. The van der Waals surface area contributed by atoms with Gasteiger partial charge in [-0.15, -0.1) is 0 Å². The Bertz CT molecular complexity index is 439. The number of carbonyl (C=O) groups excluding carboxylic acids is 1. The minimum absolute atomic E-state index is 0.123. The first-order valence-corrected chi connectivity index (χ1v) is 5.95. The van der Waals surface area contributed by atoms with Gasteiger partial charge in [-0.25, -0.2) is 13.4 Å². The van der Waals surface area contributed by atoms with Gasteiger partial charge in [-0.05, 0) is 0 Å². The van der Waals surface area contributed by atoms with Crippen molar-refractivity contribution in [3.05, 3.63) is 12.5 Å². The average molecular weight is 238 g/mol. The lowest BCUT2D eigenvalue weighted by Crippen LogP contribution is -2.13. The van der Waals surface area contributed by atoms with Crippen LogP contribution in [0.2, 0.25) is 0 Å². The number of aromatic nitrogens is 2. The maximum absolute atomic E-state index is 10.8. The molecule has 1 rings (SSSR count). The van der Waals surface area contributed by atoms with Crippen LogP contribution in [0.5, 0.6) is 0 Å². The van der Waals surface area contributed by atoms with Crippen LogP contribution in [0.15, 0.2) is 17.6 Å². The van der Waals surface area contributed by atoms with Crippen molar-refractivity contribution >= 4 is 25.6 Å². The second-order valence-electron chi connectivity index (χ2n) is 2.60. The lowest BCUT2D eigenvalue weighted by atomic mass is 10.4. The maximum Gasteiger partial charge on any atom is 0.280 e. The molecule has 0 bridgehead atoms. The predicted molar refractivity (Wildman–Crippen MR) is 49.1 cm³/mol. The zero-order chi connectivity index (χ0) is 10.8. The first kappa shape index (κ1) is 11.0. The second-order valence-corrected chi connectivity index (χ2v) is 5.12. The number of primary amides is 1. The molecule has 0 saturated heterocycles. The van der Waals surface area contributed by atoms with Crippen molar-refractivity contribution in [2.24, 2.45) is 5.73 Å². The lowest BCUT2D eigenvalue weighted by molar-refractivity contribution is -0.118. The third-order valence-electron chi connectivity index (χ3n) is 1.48. The number of hydrogen-bond donors (Lipinski definition) is 1. The quantitative estimate of drug-likeness (QED) is 0.727. The number of nitrogens with zero attached hydrogens (tertiary/aromatic N) is 2. The highest BCUT2D eigenvalue weighted by Gasteiger charge is 2.13. The summed E-state index contributed by atoms with van der Waals surface area (Å²) in [6.07, 6.45) is 2.64. The molecule has 0 aliphatic heterocycles. The van der Waals surface area contributed by atoms with Crippen molar-refractivity contribution in [3.63, 3.8) is 0 Å². The van der Waals surface area contributed by atoms with Crippen molar-refractivity contribution in [1.82, 2.24) is 9.55 Å². The first-order chi connectivity index (χ1) is 6.39. The zero-order valence-corrected chi connectivity index (χ0v) is 8.62. The Hall–Kier alpha value is -1.08. The van der Waals surface area contributed by atoms with Crippen molar-refractivity contribution in [2.45, 2.75) is 18.0 Å². The van der Waals surface area contributed by atoms with Crippen LogP contribution in [0.25, 0.3) is 0 Å². The molecule has 1 heterocycles. The fourth-order valence-corrected chi connectivity index (χ4v) is 1.50. The molecule has 0 atom stereocenters. The van der Waals surface area contributed by atoms with E-state index in [0.717, 1.165) is 0 Å². The average Bonchev–Trinajstić information content (AvgIpc) is 2.47. The van der Waals surface area contributed by atoms with Crippen LogP contribution in [0.4, 0.5) is 0 Å². The molecule has 0 saturated carbocycles. The molecule has 0 aliphatic carbocycles. The van der Waals surface area contributed by atoms with E-state index in [0.29, 0.717) is 0 Å². The largest absolute Gasteiger partial charge is 0.370 e. The first-order valence-electron chi connectivity index (χ1n) is 3.64. The number of hydrogen-bond acceptors (Lipinski definition) is 4. The van der Waals surface area contributed by atoms with Crippen LogP contribution >= 0.6 is 10.7 Å². The Kier molecular flexibility index (Phi) is 3.12. The van der Waals surface area contributed by atoms with Crippen molar-refractivity contribution < 1.29 is 13.2 Å². The van der Waals surface area contributed by atoms with Crippen molar-refractivity contribution in [1.29, 1.82) is 0 Å². The van der Waals surface area contributed by atoms with Gasteiger partial charge >= 0.3 is 0 Å². The monoisotopic (exact) mass is 237 g/mol. The zero-order valence-electron chi connectivity index (χ0n) is 7.05. The molecule has 6 nitrogen and oxygen atoms in total. The summed E-state index contributed by atoms with van der Waals surface area (Å²) in [6, 6.07) is 0. The summed E-state index contributed by atoms with van der Waals surface area (Å²) in [6.45, 7) is 0.286. The minimum atomic E-state index is -3.80. The number of amides is 1. The highest BCUT2D eigenvalue weighted by Crippen LogP contribution is 2.11. The van der Waals surface area contributed by atoms with Gasteiger partial charge in [0.05, 0.1) is 6.33 Å². The number of rotatable bonds is 4. The summed E-state index contributed by atoms with van der Waals surface area (Å²) < 4.78 is 23.0. The van der Waals surface area contributed by atoms with Crippen LogP contribution in [0.1, 0.15) is 6.42 Å². The third-order valence-corrected chi connectivity index (χ3v) is 2.66. The van der Waals surface area contributed by atoms with Crippen LogP contribution in [-0.4, -0.2) is 23.9 Å². The van der Waals surface area contributed by atoms with Crippen LogP contribution in [-0.2, 0) is 20.4 Å². The van der Waals surface area contributed by atoms with E-state index >= 15 is 0 Å². The van der Waals surface area contributed by atoms with E-state index in [1.807, 2.05) is 0 Å². The lowest BCUT2D eigenvalue weighted by Gasteiger charge is -1.96. The van der Waals surface area contributed by atoms with Gasteiger partial charge in [-0.3, -0.25) is 4.79 Å². The number of halogens is 1. The van der Waals surface area contributed by atoms with E-state index in [1.165, 1.54) is 17.1 Å². The molecule has 0 fully saturated rings. The fraction of sp³-hybridized carbons (Fsp3) is 0.333. The molecule has 8 heteroatoms. The molecule has 2 N–H and O–H groups in total. The SMILES string of the molecule is NC(=O)CCn1cnc(S(=O)(=O)Cl)c1. The second kappa shape index (κ2) is 3.97. The standard InChI is InChI=1S/C6H8ClN3O3S/c7-14(12,13)6-3-10(4-9-6)2-1-5(8)11/h3-4H,1-2H2,(H2,8,11). The van der Waals surface area contributed by atoms with Gasteiger partial charge in [0.25, 0.3) is 9.05 Å². The molecule has 0 radical (unpaired) electrons. The summed E-state index contributed by atoms with van der Waals surface area (Å²) in [5, 5.41) is -0.233. The summed E-state index contributed by atoms with van der Waals surface area (Å²) >= 11 is 0. The van der Waals surface area contributed by atoms with E-state index in [-0.39, 0.29) is 18.0 Å². The molecule has 1 aromatic rings. The van der Waals surface area contributed by atoms with Crippen LogP contribution in [0, 0.1) is 0 Å². The van der Waals surface area contributed by atoms with E-state index in [1.54, 1.807) is 0 Å². The summed E-state index contributed by atoms with van der Waals surface area (Å²) in [5.41, 5.74) is 4.92. The highest BCUT2D eigenvalue weighted by atomic mass is 35.7. The maximum atomic E-state index is 10.8. The van der Waals surface area contributed by atoms with E-state index in [2.05, 4.69) is 4.98 Å². The summed E-state index contributed by atoms with van der Waals surface area (Å²) in [7, 11) is 1.24. The fourth-order valence-electron chi connectivity index (χ4n) is 0.827. The Morgan fingerprint density at radius 3 is 2.71 bits per heavy atom. The van der Waals surface area contributed by atoms with E-state index in [4.69, 9.17) is 16.4 Å². The molecule has 0 aromatic carbocycles. The molecule has 1 aromatic heterocycles. The molecular formula is C6H8ClN3O3S. The number of carbonyl (C=O) groups is 1. The Morgan fingerprint density at radius 1 is 1.64 bits per heavy atom. The Morgan fingerprint density at radius 2 is 2.29 bits per heavy atom. The van der Waals surface area contributed by atoms with Crippen molar-refractivity contribution in [3.8, 4) is 0 Å². The summed E-state index contributed by atoms with van der Waals surface area (Å²) in [5.74, 6) is -0.464. The Balaban J connectivity index is 2.74. The topological polar surface area (TPSA) is 95.1 Å². The van der Waals surface area contributed by atoms with Crippen LogP contribution < -0.4 is 5.73 Å². The highest BCUT2D eigenvalue weighted by molar-refractivity contribution is 8.13. The smallest absolute Gasteiger partial charge is 0.280 e. The number of imidazole rings is 1. The van der Waals surface area contributed by atoms with Crippen LogP contribution in [0.3, 0.4) is 0 Å². The van der Waals surface area contributed by atoms with E-state index in [9.17, 15) is 13.2 Å². The van der Waals surface area contributed by atoms with E-state index < -0.39 is 15.0 Å². The van der Waals surface area contributed by atoms with Crippen molar-refractivity contribution in [2.75, 3.05) is 0 Å². The van der Waals surface area contributed by atoms with Gasteiger partial charge in [0, 0.05) is 29.8 Å². The molecule has 78 valence electrons. The van der Waals surface area contributed by atoms with Gasteiger partial charge in [-0.1, -0.05) is 0 Å². The van der Waals surface area contributed by atoms with Gasteiger partial charge in [-0.2, -0.15) is 0 Å². The van der Waals surface area contributed by atoms with Gasteiger partial charge in [0.2, 0.25) is 5.91 Å². The van der Waals surface area contributed by atoms with Gasteiger partial charge in [0.1, 0.15) is 0 Å². The molecule has 1 amide bonds. The third kappa shape index (κ3) is 3.00. The number of aryl methyl sites for hydroxylation is 1. The minimum Gasteiger partial charge on any atom is -0.370 e. The van der Waals surface area contributed by atoms with Gasteiger partial charge < -0.3 is 10.3 Å². The number of nitrogens with two attached hydrogens (primary N) is 1. The predicted octanol–water partition coefficient (Wildman–Crippen LogP) is -0.314. The molecule has 14 heavy (non-hydrogen) atoms. The van der Waals surface area contributed by atoms with Gasteiger partial charge in [0.15, 0.2) is 5.03 Å².